The molecule has 7 heteroatoms. The summed E-state index contributed by atoms with van der Waals surface area (Å²) in [6.45, 7) is 5.38. The quantitative estimate of drug-likeness (QED) is 0.605. The molecule has 152 valence electrons. The molecule has 1 aromatic carbocycles. The summed E-state index contributed by atoms with van der Waals surface area (Å²) in [5, 5.41) is 5.79. The minimum absolute atomic E-state index is 0.205. The van der Waals surface area contributed by atoms with Crippen LogP contribution in [0.2, 0.25) is 0 Å². The van der Waals surface area contributed by atoms with E-state index in [1.165, 1.54) is 0 Å². The maximum Gasteiger partial charge on any atom is 0.287 e. The summed E-state index contributed by atoms with van der Waals surface area (Å²) in [6, 6.07) is 11.2. The molecule has 0 fully saturated rings. The molecule has 2 amide bonds. The summed E-state index contributed by atoms with van der Waals surface area (Å²) in [7, 11) is 3.98. The van der Waals surface area contributed by atoms with Crippen molar-refractivity contribution in [3.8, 4) is 0 Å². The van der Waals surface area contributed by atoms with Gasteiger partial charge in [0.05, 0.1) is 5.52 Å². The maximum absolute atomic E-state index is 12.9. The van der Waals surface area contributed by atoms with Crippen molar-refractivity contribution < 1.29 is 9.59 Å². The van der Waals surface area contributed by atoms with Crippen molar-refractivity contribution in [1.82, 2.24) is 19.6 Å². The van der Waals surface area contributed by atoms with Gasteiger partial charge in [0, 0.05) is 18.4 Å². The van der Waals surface area contributed by atoms with Gasteiger partial charge in [-0.1, -0.05) is 23.8 Å². The molecule has 0 atom stereocenters. The molecular weight excluding hydrogens is 366 g/mol. The van der Waals surface area contributed by atoms with Crippen molar-refractivity contribution >= 4 is 23.0 Å². The monoisotopic (exact) mass is 393 g/mol. The van der Waals surface area contributed by atoms with Crippen LogP contribution in [-0.2, 0) is 0 Å². The lowest BCUT2D eigenvalue weighted by Gasteiger charge is -2.09. The van der Waals surface area contributed by atoms with E-state index in [0.717, 1.165) is 29.8 Å². The first-order valence-corrected chi connectivity index (χ1v) is 9.65. The zero-order valence-corrected chi connectivity index (χ0v) is 17.3. The highest BCUT2D eigenvalue weighted by Crippen LogP contribution is 2.19. The summed E-state index contributed by atoms with van der Waals surface area (Å²) in [5.41, 5.74) is 3.64. The van der Waals surface area contributed by atoms with E-state index in [-0.39, 0.29) is 23.3 Å². The second kappa shape index (κ2) is 8.87. The van der Waals surface area contributed by atoms with Gasteiger partial charge < -0.3 is 15.5 Å². The average molecular weight is 393 g/mol. The van der Waals surface area contributed by atoms with Crippen molar-refractivity contribution in [3.63, 3.8) is 0 Å². The van der Waals surface area contributed by atoms with Crippen LogP contribution in [0.25, 0.3) is 5.52 Å². The van der Waals surface area contributed by atoms with Crippen molar-refractivity contribution in [1.29, 1.82) is 0 Å². The molecule has 3 rings (SSSR count). The van der Waals surface area contributed by atoms with Gasteiger partial charge in [-0.2, -0.15) is 0 Å². The van der Waals surface area contributed by atoms with Gasteiger partial charge in [0.2, 0.25) is 5.82 Å². The highest BCUT2D eigenvalue weighted by atomic mass is 16.2. The van der Waals surface area contributed by atoms with E-state index in [2.05, 4.69) is 20.5 Å². The number of fused-ring (bicyclic) bond motifs is 1. The average Bonchev–Trinajstić information content (AvgIpc) is 3.07. The van der Waals surface area contributed by atoms with Gasteiger partial charge >= 0.3 is 0 Å². The summed E-state index contributed by atoms with van der Waals surface area (Å²) < 4.78 is 1.65. The SMILES string of the molecule is Cc1ccc(NC(=O)c2nc(C(=O)NCCCN(C)C)n3ccccc23)c(C)c1. The Morgan fingerprint density at radius 3 is 2.62 bits per heavy atom. The molecule has 29 heavy (non-hydrogen) atoms. The number of imidazole rings is 1. The van der Waals surface area contributed by atoms with Crippen LogP contribution in [0.1, 0.15) is 38.7 Å². The van der Waals surface area contributed by atoms with E-state index in [0.29, 0.717) is 12.1 Å². The zero-order valence-electron chi connectivity index (χ0n) is 17.3. The van der Waals surface area contributed by atoms with Crippen LogP contribution < -0.4 is 10.6 Å². The molecule has 0 unspecified atom stereocenters. The van der Waals surface area contributed by atoms with Gasteiger partial charge in [-0.05, 0) is 64.7 Å². The summed E-state index contributed by atoms with van der Waals surface area (Å²) in [5.74, 6) is -0.431. The smallest absolute Gasteiger partial charge is 0.287 e. The number of benzene rings is 1. The molecule has 2 aromatic heterocycles. The number of hydrogen-bond acceptors (Lipinski definition) is 4. The highest BCUT2D eigenvalue weighted by Gasteiger charge is 2.21. The molecule has 0 bridgehead atoms. The fourth-order valence-corrected chi connectivity index (χ4v) is 3.18. The fraction of sp³-hybridized carbons (Fsp3) is 0.318. The van der Waals surface area contributed by atoms with Crippen LogP contribution in [0, 0.1) is 13.8 Å². The van der Waals surface area contributed by atoms with Gasteiger partial charge in [0.25, 0.3) is 11.8 Å². The lowest BCUT2D eigenvalue weighted by Crippen LogP contribution is -2.28. The Hall–Kier alpha value is -3.19. The zero-order chi connectivity index (χ0) is 21.0. The number of pyridine rings is 1. The largest absolute Gasteiger partial charge is 0.349 e. The Labute approximate surface area is 170 Å². The Morgan fingerprint density at radius 2 is 1.90 bits per heavy atom. The molecule has 0 spiro atoms. The lowest BCUT2D eigenvalue weighted by molar-refractivity contribution is 0.0941. The molecule has 0 aliphatic carbocycles. The van der Waals surface area contributed by atoms with Gasteiger partial charge in [-0.15, -0.1) is 0 Å². The van der Waals surface area contributed by atoms with E-state index in [1.54, 1.807) is 16.7 Å². The number of rotatable bonds is 7. The van der Waals surface area contributed by atoms with E-state index in [4.69, 9.17) is 0 Å². The minimum Gasteiger partial charge on any atom is -0.349 e. The van der Waals surface area contributed by atoms with Crippen LogP contribution in [0.15, 0.2) is 42.6 Å². The second-order valence-electron chi connectivity index (χ2n) is 7.43. The fourth-order valence-electron chi connectivity index (χ4n) is 3.18. The molecular formula is C22H27N5O2. The van der Waals surface area contributed by atoms with E-state index < -0.39 is 0 Å². The number of anilines is 1. The molecule has 0 aliphatic rings. The number of nitrogens with one attached hydrogen (secondary N) is 2. The van der Waals surface area contributed by atoms with E-state index in [9.17, 15) is 9.59 Å². The van der Waals surface area contributed by atoms with Crippen LogP contribution in [0.3, 0.4) is 0 Å². The van der Waals surface area contributed by atoms with Crippen molar-refractivity contribution in [2.45, 2.75) is 20.3 Å². The molecule has 2 N–H and O–H groups in total. The van der Waals surface area contributed by atoms with Crippen molar-refractivity contribution in [2.75, 3.05) is 32.5 Å². The summed E-state index contributed by atoms with van der Waals surface area (Å²) in [6.07, 6.45) is 2.58. The molecule has 7 nitrogen and oxygen atoms in total. The topological polar surface area (TPSA) is 78.7 Å². The Bertz CT molecular complexity index is 1040. The van der Waals surface area contributed by atoms with Crippen LogP contribution in [0.5, 0.6) is 0 Å². The number of hydrogen-bond donors (Lipinski definition) is 2. The molecule has 0 radical (unpaired) electrons. The van der Waals surface area contributed by atoms with Crippen molar-refractivity contribution in [3.05, 3.63) is 65.2 Å². The predicted octanol–water partition coefficient (Wildman–Crippen LogP) is 2.88. The predicted molar refractivity (Wildman–Crippen MR) is 115 cm³/mol. The first-order chi connectivity index (χ1) is 13.9. The van der Waals surface area contributed by atoms with Crippen LogP contribution in [0.4, 0.5) is 5.69 Å². The van der Waals surface area contributed by atoms with Gasteiger partial charge in [0.1, 0.15) is 0 Å². The number of carbonyl (C=O) groups excluding carboxylic acids is 2. The third-order valence-corrected chi connectivity index (χ3v) is 4.66. The van der Waals surface area contributed by atoms with Crippen molar-refractivity contribution in [2.24, 2.45) is 0 Å². The first-order valence-electron chi connectivity index (χ1n) is 9.65. The standard InChI is InChI=1S/C22H27N5O2/c1-15-9-10-17(16(2)14-15)24-21(28)19-18-8-5-6-13-27(18)20(25-19)22(29)23-11-7-12-26(3)4/h5-6,8-10,13-14H,7,11-12H2,1-4H3,(H,23,29)(H,24,28). The molecule has 0 saturated heterocycles. The second-order valence-corrected chi connectivity index (χ2v) is 7.43. The number of carbonyl (C=O) groups is 2. The molecule has 0 aliphatic heterocycles. The summed E-state index contributed by atoms with van der Waals surface area (Å²) in [4.78, 5) is 32.0. The number of aryl methyl sites for hydroxylation is 2. The number of aromatic nitrogens is 2. The van der Waals surface area contributed by atoms with Gasteiger partial charge in [-0.3, -0.25) is 14.0 Å². The van der Waals surface area contributed by atoms with Gasteiger partial charge in [-0.25, -0.2) is 4.98 Å². The maximum atomic E-state index is 12.9. The Balaban J connectivity index is 1.83. The molecule has 2 heterocycles. The Kier molecular flexibility index (Phi) is 6.29. The Morgan fingerprint density at radius 1 is 1.10 bits per heavy atom. The summed E-state index contributed by atoms with van der Waals surface area (Å²) >= 11 is 0. The highest BCUT2D eigenvalue weighted by molar-refractivity contribution is 6.09. The van der Waals surface area contributed by atoms with E-state index in [1.807, 2.05) is 58.3 Å². The molecule has 0 saturated carbocycles. The van der Waals surface area contributed by atoms with E-state index >= 15 is 0 Å². The third kappa shape index (κ3) is 4.81. The molecule has 3 aromatic rings. The third-order valence-electron chi connectivity index (χ3n) is 4.66. The normalized spacial score (nSPS) is 11.1. The van der Waals surface area contributed by atoms with Gasteiger partial charge in [0.15, 0.2) is 5.69 Å². The number of amides is 2. The number of nitrogens with zero attached hydrogens (tertiary/aromatic N) is 3. The lowest BCUT2D eigenvalue weighted by atomic mass is 10.1. The minimum atomic E-state index is -0.340. The first kappa shape index (κ1) is 20.5. The van der Waals surface area contributed by atoms with Crippen LogP contribution in [-0.4, -0.2) is 53.3 Å². The van der Waals surface area contributed by atoms with Crippen LogP contribution >= 0.6 is 0 Å².